The summed E-state index contributed by atoms with van der Waals surface area (Å²) in [5.41, 5.74) is 2.90. The van der Waals surface area contributed by atoms with E-state index in [-0.39, 0.29) is 29.5 Å². The highest BCUT2D eigenvalue weighted by Crippen LogP contribution is 2.30. The van der Waals surface area contributed by atoms with E-state index in [1.165, 1.54) is 6.07 Å². The van der Waals surface area contributed by atoms with Crippen molar-refractivity contribution in [2.45, 2.75) is 38.9 Å². The van der Waals surface area contributed by atoms with Crippen LogP contribution in [0, 0.1) is 11.3 Å². The number of benzene rings is 1. The zero-order chi connectivity index (χ0) is 19.3. The molecule has 0 spiro atoms. The molecular formula is C19H18ClN5O2. The van der Waals surface area contributed by atoms with Gasteiger partial charge in [0.25, 0.3) is 11.8 Å². The molecule has 0 unspecified atom stereocenters. The van der Waals surface area contributed by atoms with E-state index in [1.54, 1.807) is 21.7 Å². The molecule has 0 bridgehead atoms. The number of fused-ring (bicyclic) bond motifs is 3. The number of halogens is 1. The molecule has 2 atom stereocenters. The molecule has 27 heavy (non-hydrogen) atoms. The van der Waals surface area contributed by atoms with Crippen molar-refractivity contribution in [3.63, 3.8) is 0 Å². The second kappa shape index (κ2) is 6.39. The Kier molecular flexibility index (Phi) is 4.16. The Labute approximate surface area is 161 Å². The minimum atomic E-state index is -0.189. The molecule has 138 valence electrons. The van der Waals surface area contributed by atoms with Crippen LogP contribution < -0.4 is 5.32 Å². The first kappa shape index (κ1) is 17.6. The summed E-state index contributed by atoms with van der Waals surface area (Å²) in [5, 5.41) is 17.0. The molecule has 1 aromatic heterocycles. The van der Waals surface area contributed by atoms with Gasteiger partial charge >= 0.3 is 0 Å². The van der Waals surface area contributed by atoms with Crippen molar-refractivity contribution in [2.24, 2.45) is 0 Å². The van der Waals surface area contributed by atoms with Gasteiger partial charge in [0, 0.05) is 30.1 Å². The number of amides is 2. The zero-order valence-corrected chi connectivity index (χ0v) is 15.7. The lowest BCUT2D eigenvalue weighted by Gasteiger charge is -2.33. The average Bonchev–Trinajstić information content (AvgIpc) is 3.03. The molecule has 0 fully saturated rings. The maximum absolute atomic E-state index is 13.1. The third-order valence-corrected chi connectivity index (χ3v) is 5.56. The summed E-state index contributed by atoms with van der Waals surface area (Å²) in [6.45, 7) is 4.83. The molecule has 2 aromatic rings. The van der Waals surface area contributed by atoms with Crippen LogP contribution in [-0.2, 0) is 13.0 Å². The lowest BCUT2D eigenvalue weighted by atomic mass is 9.97. The summed E-state index contributed by atoms with van der Waals surface area (Å²) < 4.78 is 1.78. The quantitative estimate of drug-likeness (QED) is 0.817. The molecule has 7 nitrogen and oxygen atoms in total. The third kappa shape index (κ3) is 2.77. The number of rotatable bonds is 1. The van der Waals surface area contributed by atoms with Crippen LogP contribution >= 0.6 is 11.6 Å². The Hall–Kier alpha value is -2.85. The van der Waals surface area contributed by atoms with Gasteiger partial charge in [-0.15, -0.1) is 0 Å². The summed E-state index contributed by atoms with van der Waals surface area (Å²) in [6, 6.07) is 6.70. The molecule has 0 saturated heterocycles. The smallest absolute Gasteiger partial charge is 0.270 e. The monoisotopic (exact) mass is 383 g/mol. The van der Waals surface area contributed by atoms with Crippen LogP contribution in [0.3, 0.4) is 0 Å². The van der Waals surface area contributed by atoms with E-state index in [2.05, 4.69) is 10.4 Å². The summed E-state index contributed by atoms with van der Waals surface area (Å²) in [4.78, 5) is 27.2. The van der Waals surface area contributed by atoms with E-state index < -0.39 is 0 Å². The van der Waals surface area contributed by atoms with Gasteiger partial charge < -0.3 is 10.2 Å². The van der Waals surface area contributed by atoms with Crippen molar-refractivity contribution >= 4 is 23.4 Å². The molecule has 0 radical (unpaired) electrons. The van der Waals surface area contributed by atoms with Crippen LogP contribution in [0.2, 0.25) is 5.02 Å². The Balaban J connectivity index is 1.71. The molecule has 1 aromatic carbocycles. The maximum atomic E-state index is 13.1. The van der Waals surface area contributed by atoms with Crippen LogP contribution in [0.25, 0.3) is 0 Å². The Morgan fingerprint density at radius 3 is 2.89 bits per heavy atom. The van der Waals surface area contributed by atoms with Crippen LogP contribution in [0.5, 0.6) is 0 Å². The summed E-state index contributed by atoms with van der Waals surface area (Å²) in [7, 11) is 0. The van der Waals surface area contributed by atoms with Gasteiger partial charge in [0.2, 0.25) is 0 Å². The first-order chi connectivity index (χ1) is 12.9. The molecule has 3 heterocycles. The van der Waals surface area contributed by atoms with Crippen molar-refractivity contribution in [3.8, 4) is 6.07 Å². The number of nitrogens with zero attached hydrogens (tertiary/aromatic N) is 4. The molecule has 1 N–H and O–H groups in total. The van der Waals surface area contributed by atoms with Crippen molar-refractivity contribution in [1.82, 2.24) is 20.0 Å². The van der Waals surface area contributed by atoms with E-state index in [0.717, 1.165) is 11.3 Å². The molecule has 0 saturated carbocycles. The first-order valence-corrected chi connectivity index (χ1v) is 9.17. The van der Waals surface area contributed by atoms with Gasteiger partial charge in [-0.25, -0.2) is 0 Å². The first-order valence-electron chi connectivity index (χ1n) is 8.79. The van der Waals surface area contributed by atoms with E-state index >= 15 is 0 Å². The number of hydrogen-bond donors (Lipinski definition) is 1. The average molecular weight is 384 g/mol. The molecule has 0 aliphatic carbocycles. The lowest BCUT2D eigenvalue weighted by Crippen LogP contribution is -2.43. The molecule has 2 aliphatic rings. The Morgan fingerprint density at radius 2 is 2.15 bits per heavy atom. The van der Waals surface area contributed by atoms with Crippen LogP contribution in [0.4, 0.5) is 0 Å². The highest BCUT2D eigenvalue weighted by molar-refractivity contribution is 6.31. The molecule has 2 aliphatic heterocycles. The van der Waals surface area contributed by atoms with Gasteiger partial charge in [-0.05, 0) is 32.0 Å². The normalized spacial score (nSPS) is 21.1. The Morgan fingerprint density at radius 1 is 1.37 bits per heavy atom. The van der Waals surface area contributed by atoms with Gasteiger partial charge in [-0.1, -0.05) is 11.6 Å². The number of hydrogen-bond acceptors (Lipinski definition) is 4. The summed E-state index contributed by atoms with van der Waals surface area (Å²) in [5.74, 6) is -0.340. The number of carbonyl (C=O) groups is 2. The van der Waals surface area contributed by atoms with Crippen molar-refractivity contribution in [2.75, 3.05) is 6.54 Å². The summed E-state index contributed by atoms with van der Waals surface area (Å²) in [6.07, 6.45) is 0.583. The standard InChI is InChI=1S/C19H18ClN5O2/c1-10-5-16-14(17-18(26)22-8-11(2)25(17)23-16)9-24(10)19(27)12-3-4-15(20)13(6-12)7-21/h3-4,6,10-11H,5,8-9H2,1-2H3,(H,22,26)/t10-,11-/m1/s1. The van der Waals surface area contributed by atoms with E-state index in [1.807, 2.05) is 19.9 Å². The molecule has 4 rings (SSSR count). The van der Waals surface area contributed by atoms with Crippen molar-refractivity contribution in [1.29, 1.82) is 5.26 Å². The second-order valence-electron chi connectivity index (χ2n) is 7.07. The van der Waals surface area contributed by atoms with Gasteiger partial charge in [-0.3, -0.25) is 14.3 Å². The zero-order valence-electron chi connectivity index (χ0n) is 15.0. The number of nitrogens with one attached hydrogen (secondary N) is 1. The minimum Gasteiger partial charge on any atom is -0.349 e. The highest BCUT2D eigenvalue weighted by atomic mass is 35.5. The largest absolute Gasteiger partial charge is 0.349 e. The van der Waals surface area contributed by atoms with Gasteiger partial charge in [0.1, 0.15) is 11.8 Å². The number of nitriles is 1. The molecular weight excluding hydrogens is 366 g/mol. The SMILES string of the molecule is C[C@@H]1Cc2nn3c(c2CN1C(=O)c1ccc(Cl)c(C#N)c1)C(=O)NC[C@H]3C. The predicted molar refractivity (Wildman–Crippen MR) is 98.5 cm³/mol. The number of aromatic nitrogens is 2. The highest BCUT2D eigenvalue weighted by Gasteiger charge is 2.36. The van der Waals surface area contributed by atoms with Crippen molar-refractivity contribution in [3.05, 3.63) is 51.3 Å². The van der Waals surface area contributed by atoms with Crippen LogP contribution in [0.1, 0.15) is 57.6 Å². The fraction of sp³-hybridized carbons (Fsp3) is 0.368. The van der Waals surface area contributed by atoms with E-state index in [9.17, 15) is 9.59 Å². The molecule has 8 heteroatoms. The fourth-order valence-electron chi connectivity index (χ4n) is 3.71. The third-order valence-electron chi connectivity index (χ3n) is 5.23. The predicted octanol–water partition coefficient (Wildman–Crippen LogP) is 2.30. The minimum absolute atomic E-state index is 0.0680. The number of carbonyl (C=O) groups excluding carboxylic acids is 2. The second-order valence-corrected chi connectivity index (χ2v) is 7.48. The topological polar surface area (TPSA) is 91.0 Å². The molecule has 2 amide bonds. The fourth-order valence-corrected chi connectivity index (χ4v) is 3.87. The van der Waals surface area contributed by atoms with Gasteiger partial charge in [0.15, 0.2) is 0 Å². The van der Waals surface area contributed by atoms with E-state index in [0.29, 0.717) is 35.8 Å². The summed E-state index contributed by atoms with van der Waals surface area (Å²) >= 11 is 5.97. The van der Waals surface area contributed by atoms with Crippen LogP contribution in [-0.4, -0.2) is 39.1 Å². The van der Waals surface area contributed by atoms with Crippen LogP contribution in [0.15, 0.2) is 18.2 Å². The lowest BCUT2D eigenvalue weighted by molar-refractivity contribution is 0.0654. The van der Waals surface area contributed by atoms with Crippen molar-refractivity contribution < 1.29 is 9.59 Å². The van der Waals surface area contributed by atoms with E-state index in [4.69, 9.17) is 16.9 Å². The Bertz CT molecular complexity index is 1010. The maximum Gasteiger partial charge on any atom is 0.270 e. The van der Waals surface area contributed by atoms with Gasteiger partial charge in [0.05, 0.1) is 28.9 Å². The van der Waals surface area contributed by atoms with Gasteiger partial charge in [-0.2, -0.15) is 10.4 Å².